The number of hydrogen-bond donors (Lipinski definition) is 2. The van der Waals surface area contributed by atoms with E-state index in [2.05, 4.69) is 10.3 Å². The third-order valence-corrected chi connectivity index (χ3v) is 2.09. The number of pyridine rings is 1. The molecule has 74 valence electrons. The lowest BCUT2D eigenvalue weighted by Gasteiger charge is -2.29. The Morgan fingerprint density at radius 1 is 1.64 bits per heavy atom. The first-order chi connectivity index (χ1) is 6.81. The molecular formula is C9H11N3O2. The number of carbonyl (C=O) groups is 1. The fraction of sp³-hybridized carbons (Fsp3) is 0.333. The molecule has 0 unspecified atom stereocenters. The molecule has 2 N–H and O–H groups in total. The summed E-state index contributed by atoms with van der Waals surface area (Å²) in [4.78, 5) is 17.1. The van der Waals surface area contributed by atoms with Crippen molar-refractivity contribution in [3.8, 4) is 0 Å². The van der Waals surface area contributed by atoms with Gasteiger partial charge in [0.25, 0.3) is 0 Å². The van der Waals surface area contributed by atoms with Gasteiger partial charge in [0, 0.05) is 12.7 Å². The van der Waals surface area contributed by atoms with Gasteiger partial charge in [-0.3, -0.25) is 4.79 Å². The zero-order chi connectivity index (χ0) is 9.97. The highest BCUT2D eigenvalue weighted by atomic mass is 16.3. The van der Waals surface area contributed by atoms with Crippen LogP contribution in [0.4, 0.5) is 11.5 Å². The molecule has 0 saturated heterocycles. The monoisotopic (exact) mass is 193 g/mol. The van der Waals surface area contributed by atoms with Crippen molar-refractivity contribution < 1.29 is 9.90 Å². The molecule has 1 aliphatic heterocycles. The molecule has 5 heteroatoms. The zero-order valence-electron chi connectivity index (χ0n) is 7.60. The Hall–Kier alpha value is -1.62. The Morgan fingerprint density at radius 2 is 2.50 bits per heavy atom. The molecule has 1 aromatic heterocycles. The number of β-amino-alcohol motifs (C(OH)–C–C–N with tert-alkyl or cyclic N) is 1. The molecule has 1 amide bonds. The Kier molecular flexibility index (Phi) is 2.32. The minimum absolute atomic E-state index is 0.0294. The van der Waals surface area contributed by atoms with E-state index in [0.717, 1.165) is 5.69 Å². The van der Waals surface area contributed by atoms with Gasteiger partial charge in [0.2, 0.25) is 5.91 Å². The summed E-state index contributed by atoms with van der Waals surface area (Å²) in [6, 6.07) is 3.68. The number of aliphatic hydroxyl groups excluding tert-OH is 1. The Balaban J connectivity index is 2.33. The fourth-order valence-corrected chi connectivity index (χ4v) is 1.50. The molecule has 14 heavy (non-hydrogen) atoms. The summed E-state index contributed by atoms with van der Waals surface area (Å²) in [5.41, 5.74) is 0.862. The number of aliphatic hydroxyl groups is 1. The molecule has 0 bridgehead atoms. The lowest BCUT2D eigenvalue weighted by molar-refractivity contribution is -0.115. The van der Waals surface area contributed by atoms with Gasteiger partial charge in [-0.2, -0.15) is 0 Å². The normalized spacial score (nSPS) is 14.9. The summed E-state index contributed by atoms with van der Waals surface area (Å²) in [5.74, 6) is 0.474. The number of amides is 1. The van der Waals surface area contributed by atoms with Crippen LogP contribution >= 0.6 is 0 Å². The van der Waals surface area contributed by atoms with Gasteiger partial charge >= 0.3 is 0 Å². The number of nitrogens with one attached hydrogen (secondary N) is 1. The first-order valence-electron chi connectivity index (χ1n) is 4.42. The van der Waals surface area contributed by atoms with Crippen molar-refractivity contribution in [2.75, 3.05) is 29.9 Å². The van der Waals surface area contributed by atoms with E-state index in [1.807, 2.05) is 6.07 Å². The van der Waals surface area contributed by atoms with Crippen molar-refractivity contribution in [2.24, 2.45) is 0 Å². The highest BCUT2D eigenvalue weighted by Gasteiger charge is 2.21. The number of hydrogen-bond acceptors (Lipinski definition) is 4. The van der Waals surface area contributed by atoms with Gasteiger partial charge in [-0.15, -0.1) is 0 Å². The standard InChI is InChI=1S/C9H11N3O2/c13-5-4-12-6-8(14)11-9-7(12)2-1-3-10-9/h1-3,13H,4-6H2,(H,10,11,14). The SMILES string of the molecule is O=C1CN(CCO)c2cccnc2N1. The van der Waals surface area contributed by atoms with Gasteiger partial charge in [0.05, 0.1) is 18.8 Å². The first kappa shape index (κ1) is 8.96. The van der Waals surface area contributed by atoms with Crippen molar-refractivity contribution in [3.05, 3.63) is 18.3 Å². The van der Waals surface area contributed by atoms with Crippen molar-refractivity contribution in [1.82, 2.24) is 4.98 Å². The average Bonchev–Trinajstić information content (AvgIpc) is 2.18. The van der Waals surface area contributed by atoms with Crippen LogP contribution in [-0.2, 0) is 4.79 Å². The van der Waals surface area contributed by atoms with Gasteiger partial charge in [0.15, 0.2) is 5.82 Å². The molecule has 0 atom stereocenters. The maximum Gasteiger partial charge on any atom is 0.245 e. The van der Waals surface area contributed by atoms with Gasteiger partial charge in [-0.25, -0.2) is 4.98 Å². The van der Waals surface area contributed by atoms with Crippen molar-refractivity contribution >= 4 is 17.4 Å². The van der Waals surface area contributed by atoms with Gasteiger partial charge < -0.3 is 15.3 Å². The molecule has 0 fully saturated rings. The lowest BCUT2D eigenvalue weighted by atomic mass is 10.2. The second kappa shape index (κ2) is 3.63. The highest BCUT2D eigenvalue weighted by molar-refractivity contribution is 5.99. The molecule has 0 aliphatic carbocycles. The Morgan fingerprint density at radius 3 is 3.29 bits per heavy atom. The molecule has 5 nitrogen and oxygen atoms in total. The molecule has 2 heterocycles. The van der Waals surface area contributed by atoms with E-state index in [1.165, 1.54) is 0 Å². The van der Waals surface area contributed by atoms with Crippen LogP contribution < -0.4 is 10.2 Å². The van der Waals surface area contributed by atoms with Crippen LogP contribution in [0.5, 0.6) is 0 Å². The summed E-state index contributed by atoms with van der Waals surface area (Å²) in [7, 11) is 0. The maximum absolute atomic E-state index is 11.2. The molecule has 1 aromatic rings. The quantitative estimate of drug-likeness (QED) is 0.684. The molecule has 1 aliphatic rings. The lowest BCUT2D eigenvalue weighted by Crippen LogP contribution is -2.40. The van der Waals surface area contributed by atoms with Crippen molar-refractivity contribution in [3.63, 3.8) is 0 Å². The molecule has 0 saturated carbocycles. The summed E-state index contributed by atoms with van der Waals surface area (Å²) in [5, 5.41) is 11.5. The van der Waals surface area contributed by atoms with Crippen molar-refractivity contribution in [2.45, 2.75) is 0 Å². The van der Waals surface area contributed by atoms with E-state index in [0.29, 0.717) is 12.4 Å². The highest BCUT2D eigenvalue weighted by Crippen LogP contribution is 2.25. The zero-order valence-corrected chi connectivity index (χ0v) is 7.60. The van der Waals surface area contributed by atoms with Crippen LogP contribution in [0.1, 0.15) is 0 Å². The second-order valence-electron chi connectivity index (χ2n) is 3.06. The number of carbonyl (C=O) groups excluding carboxylic acids is 1. The number of rotatable bonds is 2. The minimum Gasteiger partial charge on any atom is -0.395 e. The molecular weight excluding hydrogens is 182 g/mol. The van der Waals surface area contributed by atoms with E-state index < -0.39 is 0 Å². The molecule has 0 radical (unpaired) electrons. The van der Waals surface area contributed by atoms with Gasteiger partial charge in [0.1, 0.15) is 0 Å². The summed E-state index contributed by atoms with van der Waals surface area (Å²) in [6.45, 7) is 0.757. The average molecular weight is 193 g/mol. The van der Waals surface area contributed by atoms with E-state index in [1.54, 1.807) is 17.2 Å². The molecule has 0 aromatic carbocycles. The topological polar surface area (TPSA) is 65.5 Å². The van der Waals surface area contributed by atoms with E-state index in [9.17, 15) is 4.79 Å². The molecule has 2 rings (SSSR count). The van der Waals surface area contributed by atoms with E-state index >= 15 is 0 Å². The third kappa shape index (κ3) is 1.54. The van der Waals surface area contributed by atoms with Crippen LogP contribution in [0.25, 0.3) is 0 Å². The van der Waals surface area contributed by atoms with Crippen LogP contribution in [0.15, 0.2) is 18.3 Å². The maximum atomic E-state index is 11.2. The minimum atomic E-state index is -0.0929. The van der Waals surface area contributed by atoms with E-state index in [-0.39, 0.29) is 19.1 Å². The van der Waals surface area contributed by atoms with Crippen molar-refractivity contribution in [1.29, 1.82) is 0 Å². The predicted molar refractivity (Wildman–Crippen MR) is 52.2 cm³/mol. The summed E-state index contributed by atoms with van der Waals surface area (Å²) < 4.78 is 0. The Bertz CT molecular complexity index is 354. The van der Waals surface area contributed by atoms with Gasteiger partial charge in [-0.05, 0) is 12.1 Å². The smallest absolute Gasteiger partial charge is 0.245 e. The number of fused-ring (bicyclic) bond motifs is 1. The third-order valence-electron chi connectivity index (χ3n) is 2.09. The second-order valence-corrected chi connectivity index (χ2v) is 3.06. The van der Waals surface area contributed by atoms with Crippen LogP contribution in [-0.4, -0.2) is 35.7 Å². The summed E-state index contributed by atoms with van der Waals surface area (Å²) >= 11 is 0. The molecule has 0 spiro atoms. The largest absolute Gasteiger partial charge is 0.395 e. The summed E-state index contributed by atoms with van der Waals surface area (Å²) in [6.07, 6.45) is 1.63. The number of anilines is 2. The predicted octanol–water partition coefficient (Wildman–Crippen LogP) is -0.168. The van der Waals surface area contributed by atoms with Gasteiger partial charge in [-0.1, -0.05) is 0 Å². The van der Waals surface area contributed by atoms with Crippen LogP contribution in [0.2, 0.25) is 0 Å². The van der Waals surface area contributed by atoms with Crippen LogP contribution in [0.3, 0.4) is 0 Å². The Labute approximate surface area is 81.4 Å². The van der Waals surface area contributed by atoms with Crippen LogP contribution in [0, 0.1) is 0 Å². The fourth-order valence-electron chi connectivity index (χ4n) is 1.50. The number of nitrogens with zero attached hydrogens (tertiary/aromatic N) is 2. The van der Waals surface area contributed by atoms with E-state index in [4.69, 9.17) is 5.11 Å². The number of aromatic nitrogens is 1. The first-order valence-corrected chi connectivity index (χ1v) is 4.42.